The van der Waals surface area contributed by atoms with E-state index in [1.807, 2.05) is 0 Å². The number of carbonyl (C=O) groups excluding carboxylic acids is 2. The summed E-state index contributed by atoms with van der Waals surface area (Å²) >= 11 is 0. The van der Waals surface area contributed by atoms with Crippen molar-refractivity contribution >= 4 is 11.9 Å². The van der Waals surface area contributed by atoms with Crippen LogP contribution in [0.4, 0.5) is 0 Å². The van der Waals surface area contributed by atoms with Gasteiger partial charge in [0.2, 0.25) is 0 Å². The van der Waals surface area contributed by atoms with E-state index in [4.69, 9.17) is 9.47 Å². The van der Waals surface area contributed by atoms with Crippen molar-refractivity contribution in [3.05, 3.63) is 0 Å². The molecule has 0 fully saturated rings. The maximum Gasteiger partial charge on any atom is 0.306 e. The highest BCUT2D eigenvalue weighted by Crippen LogP contribution is 2.17. The monoisotopic (exact) mass is 737 g/mol. The van der Waals surface area contributed by atoms with Gasteiger partial charge in [-0.25, -0.2) is 0 Å². The molecular weight excluding hydrogens is 645 g/mol. The Hall–Kier alpha value is -1.10. The van der Waals surface area contributed by atoms with Crippen molar-refractivity contribution in [3.8, 4) is 0 Å². The molecule has 0 bridgehead atoms. The van der Waals surface area contributed by atoms with E-state index in [0.717, 1.165) is 32.1 Å². The number of hydrogen-bond donors (Lipinski definition) is 1. The maximum atomic E-state index is 12.2. The average Bonchev–Trinajstić information content (AvgIpc) is 3.15. The van der Waals surface area contributed by atoms with E-state index in [2.05, 4.69) is 13.8 Å². The zero-order valence-corrected chi connectivity index (χ0v) is 35.4. The molecule has 0 heterocycles. The van der Waals surface area contributed by atoms with Crippen LogP contribution < -0.4 is 0 Å². The van der Waals surface area contributed by atoms with Crippen LogP contribution in [0.5, 0.6) is 0 Å². The SMILES string of the molecule is CCCCCCCCCCCCCCCCCCCCCCCC(=O)O[C@@H](CO)COC(=O)CCCCCCCCCCCCCCCCCCC. The lowest BCUT2D eigenvalue weighted by molar-refractivity contribution is -0.161. The Bertz CT molecular complexity index is 710. The van der Waals surface area contributed by atoms with Crippen LogP contribution in [0.15, 0.2) is 0 Å². The molecule has 0 aliphatic rings. The molecule has 0 saturated carbocycles. The summed E-state index contributed by atoms with van der Waals surface area (Å²) in [5, 5.41) is 9.60. The second-order valence-electron chi connectivity index (χ2n) is 16.2. The van der Waals surface area contributed by atoms with Crippen molar-refractivity contribution in [2.24, 2.45) is 0 Å². The van der Waals surface area contributed by atoms with Gasteiger partial charge < -0.3 is 14.6 Å². The lowest BCUT2D eigenvalue weighted by Crippen LogP contribution is -2.28. The molecular formula is C47H92O5. The number of aliphatic hydroxyl groups is 1. The molecule has 310 valence electrons. The van der Waals surface area contributed by atoms with E-state index in [0.29, 0.717) is 12.8 Å². The fourth-order valence-corrected chi connectivity index (χ4v) is 7.32. The van der Waals surface area contributed by atoms with Gasteiger partial charge in [-0.3, -0.25) is 9.59 Å². The molecule has 0 rings (SSSR count). The molecule has 0 spiro atoms. The summed E-state index contributed by atoms with van der Waals surface area (Å²) in [5.41, 5.74) is 0. The molecule has 1 N–H and O–H groups in total. The third kappa shape index (κ3) is 41.7. The topological polar surface area (TPSA) is 72.8 Å². The zero-order valence-electron chi connectivity index (χ0n) is 35.4. The molecule has 0 aromatic carbocycles. The van der Waals surface area contributed by atoms with Gasteiger partial charge in [-0.2, -0.15) is 0 Å². The van der Waals surface area contributed by atoms with Crippen LogP contribution in [0, 0.1) is 0 Å². The second-order valence-corrected chi connectivity index (χ2v) is 16.2. The lowest BCUT2D eigenvalue weighted by Gasteiger charge is -2.15. The van der Waals surface area contributed by atoms with Crippen molar-refractivity contribution in [1.29, 1.82) is 0 Å². The molecule has 5 heteroatoms. The summed E-state index contributed by atoms with van der Waals surface area (Å²) in [6.45, 7) is 4.19. The average molecular weight is 737 g/mol. The van der Waals surface area contributed by atoms with E-state index in [-0.39, 0.29) is 25.2 Å². The van der Waals surface area contributed by atoms with Crippen LogP contribution in [-0.2, 0) is 19.1 Å². The summed E-state index contributed by atoms with van der Waals surface area (Å²) in [5.74, 6) is -0.569. The summed E-state index contributed by atoms with van der Waals surface area (Å²) in [7, 11) is 0. The van der Waals surface area contributed by atoms with Gasteiger partial charge in [0.25, 0.3) is 0 Å². The predicted molar refractivity (Wildman–Crippen MR) is 224 cm³/mol. The van der Waals surface area contributed by atoms with Crippen molar-refractivity contribution in [1.82, 2.24) is 0 Å². The van der Waals surface area contributed by atoms with Gasteiger partial charge in [0.1, 0.15) is 6.61 Å². The highest BCUT2D eigenvalue weighted by atomic mass is 16.6. The van der Waals surface area contributed by atoms with Crippen LogP contribution in [0.1, 0.15) is 271 Å². The van der Waals surface area contributed by atoms with Crippen LogP contribution >= 0.6 is 0 Å². The van der Waals surface area contributed by atoms with Gasteiger partial charge in [0.05, 0.1) is 6.61 Å². The summed E-state index contributed by atoms with van der Waals surface area (Å²) in [6.07, 6.45) is 50.4. The highest BCUT2D eigenvalue weighted by molar-refractivity contribution is 5.70. The standard InChI is InChI=1S/C47H92O5/c1-3-5-7-9-11-13-15-17-19-21-22-23-24-26-28-30-32-34-36-38-40-42-47(50)52-45(43-48)44-51-46(49)41-39-37-35-33-31-29-27-25-20-18-16-14-12-10-8-6-4-2/h45,48H,3-44H2,1-2H3/t45-/m0/s1. The molecule has 0 aromatic rings. The van der Waals surface area contributed by atoms with Crippen LogP contribution in [0.25, 0.3) is 0 Å². The number of aliphatic hydroxyl groups excluding tert-OH is 1. The first-order valence-corrected chi connectivity index (χ1v) is 23.6. The Morgan fingerprint density at radius 2 is 0.596 bits per heavy atom. The third-order valence-electron chi connectivity index (χ3n) is 10.9. The maximum absolute atomic E-state index is 12.2. The predicted octanol–water partition coefficient (Wildman–Crippen LogP) is 15.1. The molecule has 52 heavy (non-hydrogen) atoms. The zero-order chi connectivity index (χ0) is 37.8. The minimum absolute atomic E-state index is 0.0562. The van der Waals surface area contributed by atoms with Crippen LogP contribution in [0.3, 0.4) is 0 Å². The van der Waals surface area contributed by atoms with Gasteiger partial charge in [-0.05, 0) is 12.8 Å². The highest BCUT2D eigenvalue weighted by Gasteiger charge is 2.16. The first-order valence-electron chi connectivity index (χ1n) is 23.6. The molecule has 1 atom stereocenters. The van der Waals surface area contributed by atoms with E-state index >= 15 is 0 Å². The summed E-state index contributed by atoms with van der Waals surface area (Å²) in [4.78, 5) is 24.4. The van der Waals surface area contributed by atoms with Crippen LogP contribution in [-0.4, -0.2) is 36.4 Å². The minimum Gasteiger partial charge on any atom is -0.462 e. The van der Waals surface area contributed by atoms with E-state index in [1.54, 1.807) is 0 Å². The minimum atomic E-state index is -0.762. The Kier molecular flexibility index (Phi) is 43.4. The lowest BCUT2D eigenvalue weighted by atomic mass is 10.0. The summed E-state index contributed by atoms with van der Waals surface area (Å²) < 4.78 is 10.7. The van der Waals surface area contributed by atoms with Gasteiger partial charge >= 0.3 is 11.9 Å². The fraction of sp³-hybridized carbons (Fsp3) is 0.957. The van der Waals surface area contributed by atoms with Crippen LogP contribution in [0.2, 0.25) is 0 Å². The number of hydrogen-bond acceptors (Lipinski definition) is 5. The van der Waals surface area contributed by atoms with E-state index in [1.165, 1.54) is 212 Å². The fourth-order valence-electron chi connectivity index (χ4n) is 7.32. The quantitative estimate of drug-likeness (QED) is 0.0498. The van der Waals surface area contributed by atoms with Gasteiger partial charge in [-0.1, -0.05) is 245 Å². The van der Waals surface area contributed by atoms with Crippen molar-refractivity contribution in [2.75, 3.05) is 13.2 Å². The molecule has 0 saturated heterocycles. The second kappa shape index (κ2) is 44.3. The molecule has 0 aromatic heterocycles. The largest absolute Gasteiger partial charge is 0.462 e. The Labute approximate surface area is 325 Å². The van der Waals surface area contributed by atoms with Crippen molar-refractivity contribution in [2.45, 2.75) is 277 Å². The summed E-state index contributed by atoms with van der Waals surface area (Å²) in [6, 6.07) is 0. The number of ether oxygens (including phenoxy) is 2. The molecule has 0 aliphatic carbocycles. The van der Waals surface area contributed by atoms with E-state index < -0.39 is 6.10 Å². The van der Waals surface area contributed by atoms with Crippen molar-refractivity contribution < 1.29 is 24.2 Å². The molecule has 0 radical (unpaired) electrons. The number of rotatable bonds is 44. The number of unbranched alkanes of at least 4 members (excludes halogenated alkanes) is 36. The molecule has 0 unspecified atom stereocenters. The molecule has 0 aliphatic heterocycles. The number of esters is 2. The normalized spacial score (nSPS) is 12.0. The Morgan fingerprint density at radius 3 is 0.846 bits per heavy atom. The van der Waals surface area contributed by atoms with Crippen molar-refractivity contribution in [3.63, 3.8) is 0 Å². The number of carbonyl (C=O) groups is 2. The molecule has 0 amide bonds. The van der Waals surface area contributed by atoms with E-state index in [9.17, 15) is 14.7 Å². The van der Waals surface area contributed by atoms with Gasteiger partial charge in [-0.15, -0.1) is 0 Å². The van der Waals surface area contributed by atoms with Gasteiger partial charge in [0, 0.05) is 12.8 Å². The first-order chi connectivity index (χ1) is 25.6. The van der Waals surface area contributed by atoms with Gasteiger partial charge in [0.15, 0.2) is 6.10 Å². The molecule has 5 nitrogen and oxygen atoms in total. The smallest absolute Gasteiger partial charge is 0.306 e. The Morgan fingerprint density at radius 1 is 0.365 bits per heavy atom. The third-order valence-corrected chi connectivity index (χ3v) is 10.9. The first kappa shape index (κ1) is 50.9. The Balaban J connectivity index is 3.44.